The third kappa shape index (κ3) is 5.91. The summed E-state index contributed by atoms with van der Waals surface area (Å²) < 4.78 is 5.70. The van der Waals surface area contributed by atoms with Crippen LogP contribution in [0.4, 0.5) is 11.4 Å². The fourth-order valence-electron chi connectivity index (χ4n) is 2.21. The second kappa shape index (κ2) is 8.91. The van der Waals surface area contributed by atoms with Gasteiger partial charge in [0.2, 0.25) is 5.91 Å². The first-order chi connectivity index (χ1) is 11.5. The van der Waals surface area contributed by atoms with Gasteiger partial charge in [-0.25, -0.2) is 0 Å². The molecule has 0 fully saturated rings. The number of pyridine rings is 1. The van der Waals surface area contributed by atoms with Crippen molar-refractivity contribution in [2.45, 2.75) is 33.1 Å². The highest BCUT2D eigenvalue weighted by atomic mass is 16.5. The predicted octanol–water partition coefficient (Wildman–Crippen LogP) is 3.66. The minimum absolute atomic E-state index is 0.0427. The van der Waals surface area contributed by atoms with E-state index >= 15 is 0 Å². The molecule has 5 heteroatoms. The summed E-state index contributed by atoms with van der Waals surface area (Å²) in [5.41, 5.74) is 8.37. The Balaban J connectivity index is 1.82. The molecule has 0 atom stereocenters. The minimum atomic E-state index is -0.0427. The molecule has 1 aromatic heterocycles. The fourth-order valence-corrected chi connectivity index (χ4v) is 2.21. The van der Waals surface area contributed by atoms with Gasteiger partial charge in [0, 0.05) is 12.6 Å². The van der Waals surface area contributed by atoms with Crippen LogP contribution in [-0.2, 0) is 11.2 Å². The standard InChI is InChI=1S/C19H25N3O2/c1-14(2)9-11-24-18-7-5-15(12-17(18)20)6-8-19(23)22-16-4-3-10-21-13-16/h3-5,7,10,12-14H,6,8-9,11,20H2,1-2H3,(H,22,23). The zero-order chi connectivity index (χ0) is 17.4. The van der Waals surface area contributed by atoms with E-state index in [2.05, 4.69) is 24.1 Å². The van der Waals surface area contributed by atoms with Crippen molar-refractivity contribution in [3.05, 3.63) is 48.3 Å². The van der Waals surface area contributed by atoms with E-state index < -0.39 is 0 Å². The van der Waals surface area contributed by atoms with Crippen LogP contribution >= 0.6 is 0 Å². The summed E-state index contributed by atoms with van der Waals surface area (Å²) >= 11 is 0. The minimum Gasteiger partial charge on any atom is -0.491 e. The molecule has 1 heterocycles. The lowest BCUT2D eigenvalue weighted by atomic mass is 10.1. The molecule has 3 N–H and O–H groups in total. The SMILES string of the molecule is CC(C)CCOc1ccc(CCC(=O)Nc2cccnc2)cc1N. The van der Waals surface area contributed by atoms with Gasteiger partial charge in [-0.15, -0.1) is 0 Å². The summed E-state index contributed by atoms with van der Waals surface area (Å²) in [7, 11) is 0. The third-order valence-corrected chi connectivity index (χ3v) is 3.61. The number of hydrogen-bond acceptors (Lipinski definition) is 4. The Kier molecular flexibility index (Phi) is 6.61. The number of anilines is 2. The maximum absolute atomic E-state index is 11.9. The molecule has 0 aliphatic heterocycles. The number of nitrogens with one attached hydrogen (secondary N) is 1. The molecule has 0 aliphatic rings. The van der Waals surface area contributed by atoms with Crippen molar-refractivity contribution in [1.82, 2.24) is 4.98 Å². The molecule has 5 nitrogen and oxygen atoms in total. The lowest BCUT2D eigenvalue weighted by Gasteiger charge is -2.11. The van der Waals surface area contributed by atoms with E-state index in [1.807, 2.05) is 24.3 Å². The zero-order valence-electron chi connectivity index (χ0n) is 14.3. The van der Waals surface area contributed by atoms with Crippen LogP contribution in [0.1, 0.15) is 32.3 Å². The van der Waals surface area contributed by atoms with Gasteiger partial charge in [0.25, 0.3) is 0 Å². The molecule has 1 aromatic carbocycles. The summed E-state index contributed by atoms with van der Waals surface area (Å²) in [5, 5.41) is 2.82. The maximum Gasteiger partial charge on any atom is 0.224 e. The van der Waals surface area contributed by atoms with E-state index in [-0.39, 0.29) is 5.91 Å². The van der Waals surface area contributed by atoms with Crippen LogP contribution in [0, 0.1) is 5.92 Å². The third-order valence-electron chi connectivity index (χ3n) is 3.61. The quantitative estimate of drug-likeness (QED) is 0.725. The summed E-state index contributed by atoms with van der Waals surface area (Å²) in [6.07, 6.45) is 5.31. The number of carbonyl (C=O) groups excluding carboxylic acids is 1. The molecule has 2 rings (SSSR count). The van der Waals surface area contributed by atoms with Gasteiger partial charge in [0.15, 0.2) is 0 Å². The van der Waals surface area contributed by atoms with E-state index in [0.717, 1.165) is 12.0 Å². The van der Waals surface area contributed by atoms with E-state index in [1.165, 1.54) is 0 Å². The predicted molar refractivity (Wildman–Crippen MR) is 97.0 cm³/mol. The first-order valence-corrected chi connectivity index (χ1v) is 8.25. The largest absolute Gasteiger partial charge is 0.491 e. The van der Waals surface area contributed by atoms with Crippen LogP contribution in [0.3, 0.4) is 0 Å². The molecule has 0 spiro atoms. The number of aryl methyl sites for hydroxylation is 1. The van der Waals surface area contributed by atoms with Crippen molar-refractivity contribution in [3.8, 4) is 5.75 Å². The molecule has 0 saturated carbocycles. The average molecular weight is 327 g/mol. The van der Waals surface area contributed by atoms with Gasteiger partial charge in [0.05, 0.1) is 24.2 Å². The number of carbonyl (C=O) groups is 1. The van der Waals surface area contributed by atoms with Crippen molar-refractivity contribution in [2.75, 3.05) is 17.7 Å². The second-order valence-electron chi connectivity index (χ2n) is 6.19. The molecule has 2 aromatic rings. The topological polar surface area (TPSA) is 77.2 Å². The number of hydrogen-bond donors (Lipinski definition) is 2. The van der Waals surface area contributed by atoms with Crippen LogP contribution < -0.4 is 15.8 Å². The van der Waals surface area contributed by atoms with Crippen molar-refractivity contribution in [2.24, 2.45) is 5.92 Å². The molecule has 24 heavy (non-hydrogen) atoms. The maximum atomic E-state index is 11.9. The van der Waals surface area contributed by atoms with Gasteiger partial charge < -0.3 is 15.8 Å². The lowest BCUT2D eigenvalue weighted by Crippen LogP contribution is -2.12. The van der Waals surface area contributed by atoms with Crippen LogP contribution in [0.2, 0.25) is 0 Å². The Hall–Kier alpha value is -2.56. The van der Waals surface area contributed by atoms with Crippen LogP contribution in [0.25, 0.3) is 0 Å². The molecule has 0 saturated heterocycles. The van der Waals surface area contributed by atoms with Gasteiger partial charge in [-0.3, -0.25) is 9.78 Å². The number of nitrogens with two attached hydrogens (primary N) is 1. The van der Waals surface area contributed by atoms with Gasteiger partial charge in [-0.05, 0) is 48.6 Å². The summed E-state index contributed by atoms with van der Waals surface area (Å²) in [6.45, 7) is 4.98. The van der Waals surface area contributed by atoms with Gasteiger partial charge >= 0.3 is 0 Å². The number of rotatable bonds is 8. The van der Waals surface area contributed by atoms with E-state index in [0.29, 0.717) is 42.5 Å². The highest BCUT2D eigenvalue weighted by Crippen LogP contribution is 2.23. The fraction of sp³-hybridized carbons (Fsp3) is 0.368. The van der Waals surface area contributed by atoms with Gasteiger partial charge in [-0.2, -0.15) is 0 Å². The highest BCUT2D eigenvalue weighted by molar-refractivity contribution is 5.90. The molecule has 128 valence electrons. The Morgan fingerprint density at radius 1 is 1.33 bits per heavy atom. The molecule has 0 radical (unpaired) electrons. The van der Waals surface area contributed by atoms with E-state index in [4.69, 9.17) is 10.5 Å². The molecule has 0 unspecified atom stereocenters. The first-order valence-electron chi connectivity index (χ1n) is 8.25. The zero-order valence-corrected chi connectivity index (χ0v) is 14.3. The number of amides is 1. The molecule has 0 aliphatic carbocycles. The Morgan fingerprint density at radius 3 is 2.83 bits per heavy atom. The summed E-state index contributed by atoms with van der Waals surface area (Å²) in [4.78, 5) is 15.9. The Labute approximate surface area is 143 Å². The number of aromatic nitrogens is 1. The van der Waals surface area contributed by atoms with Gasteiger partial charge in [0.1, 0.15) is 5.75 Å². The van der Waals surface area contributed by atoms with Crippen LogP contribution in [-0.4, -0.2) is 17.5 Å². The van der Waals surface area contributed by atoms with Crippen molar-refractivity contribution < 1.29 is 9.53 Å². The number of ether oxygens (including phenoxy) is 1. The normalized spacial score (nSPS) is 10.6. The first kappa shape index (κ1) is 17.8. The van der Waals surface area contributed by atoms with E-state index in [9.17, 15) is 4.79 Å². The smallest absolute Gasteiger partial charge is 0.224 e. The van der Waals surface area contributed by atoms with Crippen molar-refractivity contribution in [3.63, 3.8) is 0 Å². The highest BCUT2D eigenvalue weighted by Gasteiger charge is 2.06. The second-order valence-corrected chi connectivity index (χ2v) is 6.19. The monoisotopic (exact) mass is 327 g/mol. The number of nitrogen functional groups attached to an aromatic ring is 1. The molecule has 1 amide bonds. The Bertz CT molecular complexity index is 657. The van der Waals surface area contributed by atoms with Gasteiger partial charge in [-0.1, -0.05) is 19.9 Å². The lowest BCUT2D eigenvalue weighted by molar-refractivity contribution is -0.116. The number of nitrogens with zero attached hydrogens (tertiary/aromatic N) is 1. The van der Waals surface area contributed by atoms with Crippen molar-refractivity contribution >= 4 is 17.3 Å². The Morgan fingerprint density at radius 2 is 2.17 bits per heavy atom. The summed E-state index contributed by atoms with van der Waals surface area (Å²) in [6, 6.07) is 9.31. The molecular formula is C19H25N3O2. The molecule has 0 bridgehead atoms. The van der Waals surface area contributed by atoms with E-state index in [1.54, 1.807) is 18.5 Å². The average Bonchev–Trinajstić information content (AvgIpc) is 2.55. The number of benzene rings is 1. The van der Waals surface area contributed by atoms with Crippen molar-refractivity contribution in [1.29, 1.82) is 0 Å². The summed E-state index contributed by atoms with van der Waals surface area (Å²) in [5.74, 6) is 1.27. The molecular weight excluding hydrogens is 302 g/mol. The van der Waals surface area contributed by atoms with Crippen LogP contribution in [0.15, 0.2) is 42.7 Å². The van der Waals surface area contributed by atoms with Crippen LogP contribution in [0.5, 0.6) is 5.75 Å².